The summed E-state index contributed by atoms with van der Waals surface area (Å²) >= 11 is 6.63. The van der Waals surface area contributed by atoms with Crippen molar-refractivity contribution in [3.05, 3.63) is 65.7 Å². The Bertz CT molecular complexity index is 644. The molecule has 2 rings (SSSR count). The maximum absolute atomic E-state index is 12.3. The SMILES string of the molecule is COc1ccc(CC(Cl)[Si](C)(C)NC(=O)c2ccccc2)cc1. The number of benzene rings is 2. The number of alkyl halides is 1. The number of carbonyl (C=O) groups excluding carboxylic acids is 1. The van der Waals surface area contributed by atoms with Gasteiger partial charge in [-0.25, -0.2) is 0 Å². The predicted octanol–water partition coefficient (Wildman–Crippen LogP) is 4.02. The molecule has 0 aliphatic rings. The van der Waals surface area contributed by atoms with Gasteiger partial charge >= 0.3 is 0 Å². The number of rotatable bonds is 6. The number of hydrogen-bond donors (Lipinski definition) is 1. The molecule has 0 saturated heterocycles. The maximum atomic E-state index is 12.3. The van der Waals surface area contributed by atoms with Crippen LogP contribution in [-0.4, -0.2) is 26.3 Å². The smallest absolute Gasteiger partial charge is 0.243 e. The van der Waals surface area contributed by atoms with E-state index in [-0.39, 0.29) is 10.9 Å². The van der Waals surface area contributed by atoms with Crippen molar-refractivity contribution in [3.63, 3.8) is 0 Å². The van der Waals surface area contributed by atoms with E-state index in [1.54, 1.807) is 7.11 Å². The van der Waals surface area contributed by atoms with Gasteiger partial charge in [0.05, 0.1) is 12.1 Å². The van der Waals surface area contributed by atoms with Crippen LogP contribution in [0, 0.1) is 0 Å². The molecule has 0 radical (unpaired) electrons. The van der Waals surface area contributed by atoms with Gasteiger partial charge in [-0.1, -0.05) is 43.4 Å². The van der Waals surface area contributed by atoms with Crippen molar-refractivity contribution in [2.45, 2.75) is 24.5 Å². The highest BCUT2D eigenvalue weighted by atomic mass is 35.5. The van der Waals surface area contributed by atoms with Crippen molar-refractivity contribution in [3.8, 4) is 5.75 Å². The molecule has 2 aromatic rings. The van der Waals surface area contributed by atoms with Crippen molar-refractivity contribution in [2.75, 3.05) is 7.11 Å². The Labute approximate surface area is 143 Å². The highest BCUT2D eigenvalue weighted by Crippen LogP contribution is 2.20. The van der Waals surface area contributed by atoms with Crippen LogP contribution in [0.2, 0.25) is 13.1 Å². The van der Waals surface area contributed by atoms with E-state index in [4.69, 9.17) is 16.3 Å². The maximum Gasteiger partial charge on any atom is 0.243 e. The standard InChI is InChI=1S/C18H22ClNO2Si/c1-22-16-11-9-14(10-12-16)13-17(19)23(2,3)20-18(21)15-7-5-4-6-8-15/h4-12,17H,13H2,1-3H3,(H,20,21). The topological polar surface area (TPSA) is 38.3 Å². The first kappa shape index (κ1) is 17.6. The third-order valence-electron chi connectivity index (χ3n) is 3.83. The van der Waals surface area contributed by atoms with Crippen LogP contribution < -0.4 is 9.72 Å². The number of hydrogen-bond acceptors (Lipinski definition) is 2. The van der Waals surface area contributed by atoms with Gasteiger partial charge in [-0.3, -0.25) is 4.79 Å². The number of carbonyl (C=O) groups is 1. The number of ether oxygens (including phenoxy) is 1. The lowest BCUT2D eigenvalue weighted by molar-refractivity contribution is 0.0977. The van der Waals surface area contributed by atoms with E-state index in [0.29, 0.717) is 5.56 Å². The fraction of sp³-hybridized carbons (Fsp3) is 0.278. The average Bonchev–Trinajstić information content (AvgIpc) is 2.56. The van der Waals surface area contributed by atoms with Gasteiger partial charge < -0.3 is 9.72 Å². The second-order valence-corrected chi connectivity index (χ2v) is 11.3. The summed E-state index contributed by atoms with van der Waals surface area (Å²) in [5, 5.41) is -0.0939. The number of nitrogens with one attached hydrogen (secondary N) is 1. The molecule has 0 fully saturated rings. The molecule has 3 nitrogen and oxygen atoms in total. The zero-order valence-corrected chi connectivity index (χ0v) is 15.4. The molecule has 23 heavy (non-hydrogen) atoms. The van der Waals surface area contributed by atoms with E-state index in [1.165, 1.54) is 0 Å². The summed E-state index contributed by atoms with van der Waals surface area (Å²) in [6.07, 6.45) is 0.722. The first-order valence-corrected chi connectivity index (χ1v) is 11.1. The minimum Gasteiger partial charge on any atom is -0.497 e. The molecule has 122 valence electrons. The minimum absolute atomic E-state index is 0.0531. The minimum atomic E-state index is -2.12. The van der Waals surface area contributed by atoms with Crippen molar-refractivity contribution in [1.29, 1.82) is 0 Å². The lowest BCUT2D eigenvalue weighted by Gasteiger charge is -2.29. The van der Waals surface area contributed by atoms with Gasteiger partial charge in [0.2, 0.25) is 5.91 Å². The van der Waals surface area contributed by atoms with Crippen LogP contribution in [-0.2, 0) is 6.42 Å². The Balaban J connectivity index is 2.01. The Morgan fingerprint density at radius 3 is 2.30 bits per heavy atom. The average molecular weight is 348 g/mol. The number of halogens is 1. The summed E-state index contributed by atoms with van der Waals surface area (Å²) in [5.41, 5.74) is 1.81. The molecule has 1 N–H and O–H groups in total. The number of amides is 1. The molecule has 0 aliphatic heterocycles. The summed E-state index contributed by atoms with van der Waals surface area (Å²) < 4.78 is 5.16. The summed E-state index contributed by atoms with van der Waals surface area (Å²) in [4.78, 5) is 15.5. The molecule has 0 aliphatic carbocycles. The van der Waals surface area contributed by atoms with E-state index < -0.39 is 8.24 Å². The van der Waals surface area contributed by atoms with Crippen LogP contribution in [0.15, 0.2) is 54.6 Å². The van der Waals surface area contributed by atoms with Crippen LogP contribution >= 0.6 is 11.6 Å². The predicted molar refractivity (Wildman–Crippen MR) is 97.7 cm³/mol. The Hall–Kier alpha value is -1.78. The molecular weight excluding hydrogens is 326 g/mol. The van der Waals surface area contributed by atoms with E-state index in [1.807, 2.05) is 54.6 Å². The van der Waals surface area contributed by atoms with Crippen LogP contribution in [0.25, 0.3) is 0 Å². The molecule has 2 aromatic carbocycles. The van der Waals surface area contributed by atoms with E-state index in [2.05, 4.69) is 18.1 Å². The first-order chi connectivity index (χ1) is 10.9. The van der Waals surface area contributed by atoms with Crippen molar-refractivity contribution < 1.29 is 9.53 Å². The zero-order chi connectivity index (χ0) is 16.9. The molecule has 0 aromatic heterocycles. The molecule has 0 bridgehead atoms. The number of methoxy groups -OCH3 is 1. The van der Waals surface area contributed by atoms with Crippen LogP contribution in [0.4, 0.5) is 0 Å². The summed E-state index contributed by atoms with van der Waals surface area (Å²) in [6.45, 7) is 4.16. The molecule has 0 saturated carbocycles. The molecule has 1 amide bonds. The Morgan fingerprint density at radius 1 is 1.13 bits per heavy atom. The molecule has 5 heteroatoms. The van der Waals surface area contributed by atoms with E-state index in [0.717, 1.165) is 17.7 Å². The molecule has 1 atom stereocenters. The van der Waals surface area contributed by atoms with E-state index >= 15 is 0 Å². The second-order valence-electron chi connectivity index (χ2n) is 6.06. The van der Waals surface area contributed by atoms with Gasteiger partial charge in [0.25, 0.3) is 0 Å². The normalized spacial score (nSPS) is 12.5. The Kier molecular flexibility index (Phi) is 5.85. The molecule has 0 heterocycles. The van der Waals surface area contributed by atoms with Crippen LogP contribution in [0.1, 0.15) is 15.9 Å². The van der Waals surface area contributed by atoms with Crippen LogP contribution in [0.3, 0.4) is 0 Å². The second kappa shape index (κ2) is 7.66. The summed E-state index contributed by atoms with van der Waals surface area (Å²) in [6, 6.07) is 17.1. The third-order valence-corrected chi connectivity index (χ3v) is 8.26. The van der Waals surface area contributed by atoms with E-state index in [9.17, 15) is 4.79 Å². The first-order valence-electron chi connectivity index (χ1n) is 7.57. The quantitative estimate of drug-likeness (QED) is 0.633. The van der Waals surface area contributed by atoms with Gasteiger partial charge in [-0.15, -0.1) is 11.6 Å². The molecule has 0 spiro atoms. The summed E-state index contributed by atoms with van der Waals surface area (Å²) in [7, 11) is -0.475. The van der Waals surface area contributed by atoms with Gasteiger partial charge in [0.15, 0.2) is 8.24 Å². The van der Waals surface area contributed by atoms with Gasteiger partial charge in [-0.05, 0) is 36.2 Å². The molecule has 1 unspecified atom stereocenters. The zero-order valence-electron chi connectivity index (χ0n) is 13.7. The highest BCUT2D eigenvalue weighted by Gasteiger charge is 2.33. The lowest BCUT2D eigenvalue weighted by Crippen LogP contribution is -2.56. The largest absolute Gasteiger partial charge is 0.497 e. The van der Waals surface area contributed by atoms with Crippen molar-refractivity contribution >= 4 is 25.7 Å². The lowest BCUT2D eigenvalue weighted by atomic mass is 10.2. The molecular formula is C18H22ClNO2Si. The van der Waals surface area contributed by atoms with Gasteiger partial charge in [0.1, 0.15) is 5.75 Å². The van der Waals surface area contributed by atoms with Crippen molar-refractivity contribution in [1.82, 2.24) is 4.98 Å². The Morgan fingerprint density at radius 2 is 1.74 bits per heavy atom. The summed E-state index contributed by atoms with van der Waals surface area (Å²) in [5.74, 6) is 0.774. The fourth-order valence-electron chi connectivity index (χ4n) is 2.26. The monoisotopic (exact) mass is 347 g/mol. The fourth-order valence-corrected chi connectivity index (χ4v) is 4.23. The van der Waals surface area contributed by atoms with Crippen LogP contribution in [0.5, 0.6) is 5.75 Å². The van der Waals surface area contributed by atoms with Crippen molar-refractivity contribution in [2.24, 2.45) is 0 Å². The highest BCUT2D eigenvalue weighted by molar-refractivity contribution is 6.84. The van der Waals surface area contributed by atoms with Gasteiger partial charge in [-0.2, -0.15) is 0 Å². The third kappa shape index (κ3) is 4.84. The van der Waals surface area contributed by atoms with Gasteiger partial charge in [0, 0.05) is 5.56 Å².